The first-order valence-electron chi connectivity index (χ1n) is 8.20. The van der Waals surface area contributed by atoms with Crippen LogP contribution in [0.3, 0.4) is 0 Å². The van der Waals surface area contributed by atoms with E-state index in [9.17, 15) is 13.2 Å². The van der Waals surface area contributed by atoms with E-state index in [1.165, 1.54) is 12.8 Å². The lowest BCUT2D eigenvalue weighted by Gasteiger charge is -2.51. The fourth-order valence-electron chi connectivity index (χ4n) is 4.22. The smallest absolute Gasteiger partial charge is 0.329 e. The van der Waals surface area contributed by atoms with Crippen molar-refractivity contribution in [1.82, 2.24) is 9.80 Å². The van der Waals surface area contributed by atoms with Crippen molar-refractivity contribution in [2.45, 2.75) is 56.3 Å². The van der Waals surface area contributed by atoms with Crippen LogP contribution in [0.25, 0.3) is 0 Å². The van der Waals surface area contributed by atoms with Crippen LogP contribution in [0.5, 0.6) is 0 Å². The molecule has 2 aliphatic carbocycles. The molecule has 0 aromatic carbocycles. The van der Waals surface area contributed by atoms with Crippen LogP contribution < -0.4 is 5.73 Å². The standard InChI is InChI=1S/C15H26F3N3/c16-15(17,18)12-2-1-5-14(10-12,11-19)21-8-6-20(7-9-21)13-3-4-13/h12-13H,1-11,19H2. The summed E-state index contributed by atoms with van der Waals surface area (Å²) in [5.74, 6) is -1.17. The number of nitrogens with two attached hydrogens (primary N) is 1. The molecule has 3 nitrogen and oxygen atoms in total. The van der Waals surface area contributed by atoms with Gasteiger partial charge in [0.15, 0.2) is 0 Å². The first-order valence-corrected chi connectivity index (χ1v) is 8.20. The van der Waals surface area contributed by atoms with Gasteiger partial charge in [0.25, 0.3) is 0 Å². The molecule has 1 saturated heterocycles. The molecule has 3 rings (SSSR count). The number of halogens is 3. The SMILES string of the molecule is NCC1(N2CCN(C3CC3)CC2)CCCC(C(F)(F)F)C1. The number of piperazine rings is 1. The lowest BCUT2D eigenvalue weighted by Crippen LogP contribution is -2.62. The van der Waals surface area contributed by atoms with Gasteiger partial charge in [-0.3, -0.25) is 9.80 Å². The van der Waals surface area contributed by atoms with Crippen LogP contribution in [0.1, 0.15) is 38.5 Å². The molecule has 2 unspecified atom stereocenters. The molecule has 0 aromatic heterocycles. The Bertz CT molecular complexity index is 362. The van der Waals surface area contributed by atoms with Gasteiger partial charge in [-0.05, 0) is 32.1 Å². The summed E-state index contributed by atoms with van der Waals surface area (Å²) < 4.78 is 39.3. The van der Waals surface area contributed by atoms with Crippen molar-refractivity contribution >= 4 is 0 Å². The van der Waals surface area contributed by atoms with Gasteiger partial charge in [-0.25, -0.2) is 0 Å². The maximum atomic E-state index is 13.1. The van der Waals surface area contributed by atoms with Crippen molar-refractivity contribution in [1.29, 1.82) is 0 Å². The second kappa shape index (κ2) is 5.70. The summed E-state index contributed by atoms with van der Waals surface area (Å²) in [5, 5.41) is 0. The summed E-state index contributed by atoms with van der Waals surface area (Å²) in [6, 6.07) is 0.746. The van der Waals surface area contributed by atoms with Crippen molar-refractivity contribution in [2.24, 2.45) is 11.7 Å². The molecule has 1 heterocycles. The number of alkyl halides is 3. The zero-order chi connectivity index (χ0) is 15.1. The van der Waals surface area contributed by atoms with E-state index in [-0.39, 0.29) is 12.8 Å². The molecule has 6 heteroatoms. The zero-order valence-electron chi connectivity index (χ0n) is 12.5. The molecule has 1 aliphatic heterocycles. The van der Waals surface area contributed by atoms with Crippen LogP contribution in [-0.2, 0) is 0 Å². The molecule has 0 aromatic rings. The number of nitrogens with zero attached hydrogens (tertiary/aromatic N) is 2. The van der Waals surface area contributed by atoms with Gasteiger partial charge >= 0.3 is 6.18 Å². The largest absolute Gasteiger partial charge is 0.391 e. The summed E-state index contributed by atoms with van der Waals surface area (Å²) in [6.45, 7) is 4.08. The Kier molecular flexibility index (Phi) is 4.23. The van der Waals surface area contributed by atoms with Crippen LogP contribution in [0, 0.1) is 5.92 Å². The average molecular weight is 305 g/mol. The van der Waals surface area contributed by atoms with E-state index >= 15 is 0 Å². The molecule has 2 saturated carbocycles. The highest BCUT2D eigenvalue weighted by molar-refractivity contribution is 5.00. The molecule has 21 heavy (non-hydrogen) atoms. The molecule has 3 fully saturated rings. The Morgan fingerprint density at radius 2 is 1.71 bits per heavy atom. The van der Waals surface area contributed by atoms with Crippen molar-refractivity contribution < 1.29 is 13.2 Å². The molecular formula is C15H26F3N3. The van der Waals surface area contributed by atoms with Crippen LogP contribution >= 0.6 is 0 Å². The molecule has 0 radical (unpaired) electrons. The maximum Gasteiger partial charge on any atom is 0.391 e. The predicted molar refractivity (Wildman–Crippen MR) is 76.0 cm³/mol. The number of rotatable bonds is 3. The summed E-state index contributed by atoms with van der Waals surface area (Å²) in [7, 11) is 0. The fourth-order valence-corrected chi connectivity index (χ4v) is 4.22. The molecule has 0 bridgehead atoms. The van der Waals surface area contributed by atoms with E-state index in [1.54, 1.807) is 0 Å². The second-order valence-corrected chi connectivity index (χ2v) is 7.02. The van der Waals surface area contributed by atoms with Crippen molar-refractivity contribution in [2.75, 3.05) is 32.7 Å². The summed E-state index contributed by atoms with van der Waals surface area (Å²) in [5.41, 5.74) is 5.54. The van der Waals surface area contributed by atoms with E-state index in [0.29, 0.717) is 13.0 Å². The Labute approximate surface area is 124 Å². The highest BCUT2D eigenvalue weighted by Crippen LogP contribution is 2.44. The Balaban J connectivity index is 1.65. The second-order valence-electron chi connectivity index (χ2n) is 7.02. The van der Waals surface area contributed by atoms with Crippen LogP contribution in [0.15, 0.2) is 0 Å². The normalized spacial score (nSPS) is 36.9. The summed E-state index contributed by atoms with van der Waals surface area (Å²) >= 11 is 0. The molecule has 0 amide bonds. The Morgan fingerprint density at radius 1 is 1.05 bits per heavy atom. The minimum Gasteiger partial charge on any atom is -0.329 e. The van der Waals surface area contributed by atoms with Crippen molar-refractivity contribution in [3.63, 3.8) is 0 Å². The van der Waals surface area contributed by atoms with Gasteiger partial charge in [-0.15, -0.1) is 0 Å². The van der Waals surface area contributed by atoms with Gasteiger partial charge in [-0.1, -0.05) is 6.42 Å². The molecule has 3 aliphatic rings. The van der Waals surface area contributed by atoms with Crippen molar-refractivity contribution in [3.05, 3.63) is 0 Å². The van der Waals surface area contributed by atoms with E-state index < -0.39 is 17.6 Å². The Hall–Kier alpha value is -0.330. The van der Waals surface area contributed by atoms with Crippen LogP contribution in [-0.4, -0.2) is 60.3 Å². The van der Waals surface area contributed by atoms with Gasteiger partial charge in [0, 0.05) is 44.3 Å². The minimum atomic E-state index is -4.07. The first-order chi connectivity index (χ1) is 9.94. The number of hydrogen-bond donors (Lipinski definition) is 1. The summed E-state index contributed by atoms with van der Waals surface area (Å²) in [6.07, 6.45) is 0.431. The van der Waals surface area contributed by atoms with Gasteiger partial charge in [0.1, 0.15) is 0 Å². The highest BCUT2D eigenvalue weighted by atomic mass is 19.4. The minimum absolute atomic E-state index is 0.191. The van der Waals surface area contributed by atoms with Gasteiger partial charge in [0.2, 0.25) is 0 Å². The average Bonchev–Trinajstić information content (AvgIpc) is 3.31. The molecule has 0 spiro atoms. The molecule has 2 N–H and O–H groups in total. The maximum absolute atomic E-state index is 13.1. The molecule has 2 atom stereocenters. The van der Waals surface area contributed by atoms with Gasteiger partial charge in [0.05, 0.1) is 5.92 Å². The van der Waals surface area contributed by atoms with E-state index in [0.717, 1.165) is 38.6 Å². The molecule has 122 valence electrons. The lowest BCUT2D eigenvalue weighted by molar-refractivity contribution is -0.194. The lowest BCUT2D eigenvalue weighted by atomic mass is 9.74. The topological polar surface area (TPSA) is 32.5 Å². The van der Waals surface area contributed by atoms with Gasteiger partial charge < -0.3 is 5.73 Å². The summed E-state index contributed by atoms with van der Waals surface area (Å²) in [4.78, 5) is 4.76. The third-order valence-corrected chi connectivity index (χ3v) is 5.71. The quantitative estimate of drug-likeness (QED) is 0.868. The van der Waals surface area contributed by atoms with Crippen molar-refractivity contribution in [3.8, 4) is 0 Å². The third-order valence-electron chi connectivity index (χ3n) is 5.71. The third kappa shape index (κ3) is 3.22. The van der Waals surface area contributed by atoms with Gasteiger partial charge in [-0.2, -0.15) is 13.2 Å². The van der Waals surface area contributed by atoms with Crippen LogP contribution in [0.4, 0.5) is 13.2 Å². The van der Waals surface area contributed by atoms with Crippen LogP contribution in [0.2, 0.25) is 0 Å². The van der Waals surface area contributed by atoms with E-state index in [1.807, 2.05) is 0 Å². The number of hydrogen-bond acceptors (Lipinski definition) is 3. The van der Waals surface area contributed by atoms with E-state index in [4.69, 9.17) is 5.73 Å². The first kappa shape index (κ1) is 15.6. The zero-order valence-corrected chi connectivity index (χ0v) is 12.5. The van der Waals surface area contributed by atoms with E-state index in [2.05, 4.69) is 9.80 Å². The highest BCUT2D eigenvalue weighted by Gasteiger charge is 2.49. The Morgan fingerprint density at radius 3 is 2.24 bits per heavy atom. The monoisotopic (exact) mass is 305 g/mol. The fraction of sp³-hybridized carbons (Fsp3) is 1.00. The molecular weight excluding hydrogens is 279 g/mol. The predicted octanol–water partition coefficient (Wildman–Crippen LogP) is 2.22.